The van der Waals surface area contributed by atoms with Crippen LogP contribution in [-0.2, 0) is 9.53 Å². The molecule has 3 atom stereocenters. The summed E-state index contributed by atoms with van der Waals surface area (Å²) < 4.78 is 4.52. The lowest BCUT2D eigenvalue weighted by Crippen LogP contribution is -2.44. The molecule has 0 amide bonds. The van der Waals surface area contributed by atoms with E-state index in [0.717, 1.165) is 0 Å². The predicted octanol–water partition coefficient (Wildman–Crippen LogP) is -2.72. The van der Waals surface area contributed by atoms with Gasteiger partial charge in [0, 0.05) is 7.11 Å². The number of ether oxygens (including phenoxy) is 1. The Labute approximate surface area is 75.4 Å². The summed E-state index contributed by atoms with van der Waals surface area (Å²) in [5, 5.41) is 35.0. The largest absolute Gasteiger partial charge is 0.394 e. The third kappa shape index (κ3) is 3.37. The number of hydrogen-bond acceptors (Lipinski definition) is 6. The number of aliphatic hydroxyl groups excluding tert-OH is 4. The second-order valence-electron chi connectivity index (χ2n) is 2.50. The van der Waals surface area contributed by atoms with Crippen LogP contribution in [0.3, 0.4) is 0 Å². The van der Waals surface area contributed by atoms with Gasteiger partial charge >= 0.3 is 0 Å². The number of hydrogen-bond donors (Lipinski definition) is 4. The Hall–Kier alpha value is -0.530. The van der Waals surface area contributed by atoms with Crippen LogP contribution in [0.25, 0.3) is 0 Å². The molecule has 0 heterocycles. The van der Waals surface area contributed by atoms with Crippen LogP contribution in [0.2, 0.25) is 0 Å². The lowest BCUT2D eigenvalue weighted by atomic mass is 10.1. The van der Waals surface area contributed by atoms with Crippen molar-refractivity contribution >= 4 is 5.78 Å². The summed E-state index contributed by atoms with van der Waals surface area (Å²) >= 11 is 0. The summed E-state index contributed by atoms with van der Waals surface area (Å²) in [5.41, 5.74) is 0. The molecule has 0 aliphatic rings. The smallest absolute Gasteiger partial charge is 0.194 e. The van der Waals surface area contributed by atoms with E-state index < -0.39 is 37.3 Å². The number of methoxy groups -OCH3 is 1. The molecule has 0 radical (unpaired) electrons. The maximum Gasteiger partial charge on any atom is 0.194 e. The fourth-order valence-electron chi connectivity index (χ4n) is 0.761. The van der Waals surface area contributed by atoms with E-state index in [1.807, 2.05) is 0 Å². The molecule has 0 saturated carbocycles. The first-order chi connectivity index (χ1) is 6.08. The molecule has 13 heavy (non-hydrogen) atoms. The van der Waals surface area contributed by atoms with Crippen molar-refractivity contribution in [2.45, 2.75) is 18.3 Å². The quantitative estimate of drug-likeness (QED) is 0.366. The van der Waals surface area contributed by atoms with Crippen LogP contribution in [0, 0.1) is 0 Å². The van der Waals surface area contributed by atoms with Gasteiger partial charge in [-0.05, 0) is 0 Å². The Morgan fingerprint density at radius 1 is 1.31 bits per heavy atom. The van der Waals surface area contributed by atoms with Gasteiger partial charge in [0.25, 0.3) is 0 Å². The SMILES string of the molecule is COC(CO)C(=O)C(O)C(O)CO. The number of carbonyl (C=O) groups excluding carboxylic acids is 1. The zero-order valence-corrected chi connectivity index (χ0v) is 7.25. The third-order valence-electron chi connectivity index (χ3n) is 1.61. The van der Waals surface area contributed by atoms with E-state index in [4.69, 9.17) is 20.4 Å². The Balaban J connectivity index is 4.22. The van der Waals surface area contributed by atoms with Gasteiger partial charge in [-0.15, -0.1) is 0 Å². The summed E-state index contributed by atoms with van der Waals surface area (Å²) in [5.74, 6) is -0.855. The molecule has 0 aromatic heterocycles. The molecular weight excluding hydrogens is 180 g/mol. The number of aliphatic hydroxyl groups is 4. The molecule has 4 N–H and O–H groups in total. The molecule has 0 rings (SSSR count). The second-order valence-corrected chi connectivity index (χ2v) is 2.50. The van der Waals surface area contributed by atoms with Crippen LogP contribution < -0.4 is 0 Å². The lowest BCUT2D eigenvalue weighted by Gasteiger charge is -2.18. The Morgan fingerprint density at radius 2 is 1.85 bits per heavy atom. The van der Waals surface area contributed by atoms with Gasteiger partial charge < -0.3 is 25.2 Å². The standard InChI is InChI=1S/C7H14O6/c1-13-5(3-9)7(12)6(11)4(10)2-8/h4-6,8-11H,2-3H2,1H3. The molecule has 0 fully saturated rings. The highest BCUT2D eigenvalue weighted by Gasteiger charge is 2.29. The van der Waals surface area contributed by atoms with E-state index in [1.54, 1.807) is 0 Å². The van der Waals surface area contributed by atoms with E-state index in [-0.39, 0.29) is 0 Å². The second kappa shape index (κ2) is 6.01. The average Bonchev–Trinajstić information content (AvgIpc) is 2.17. The molecule has 0 aromatic rings. The van der Waals surface area contributed by atoms with Crippen LogP contribution >= 0.6 is 0 Å². The van der Waals surface area contributed by atoms with Crippen molar-refractivity contribution in [3.8, 4) is 0 Å². The zero-order valence-electron chi connectivity index (χ0n) is 7.25. The summed E-state index contributed by atoms with van der Waals surface area (Å²) in [4.78, 5) is 11.1. The topological polar surface area (TPSA) is 107 Å². The minimum atomic E-state index is -1.73. The highest BCUT2D eigenvalue weighted by molar-refractivity contribution is 5.87. The lowest BCUT2D eigenvalue weighted by molar-refractivity contribution is -0.146. The number of rotatable bonds is 6. The maximum atomic E-state index is 11.1. The minimum absolute atomic E-state index is 0.579. The molecule has 6 nitrogen and oxygen atoms in total. The van der Waals surface area contributed by atoms with Crippen molar-refractivity contribution in [3.63, 3.8) is 0 Å². The van der Waals surface area contributed by atoms with Crippen molar-refractivity contribution in [3.05, 3.63) is 0 Å². The van der Waals surface area contributed by atoms with E-state index >= 15 is 0 Å². The van der Waals surface area contributed by atoms with Crippen molar-refractivity contribution in [2.24, 2.45) is 0 Å². The molecule has 0 bridgehead atoms. The molecule has 0 aliphatic heterocycles. The monoisotopic (exact) mass is 194 g/mol. The molecule has 78 valence electrons. The van der Waals surface area contributed by atoms with Crippen LogP contribution in [0.1, 0.15) is 0 Å². The van der Waals surface area contributed by atoms with Gasteiger partial charge in [-0.1, -0.05) is 0 Å². The van der Waals surface area contributed by atoms with Gasteiger partial charge in [0.05, 0.1) is 13.2 Å². The number of ketones is 1. The van der Waals surface area contributed by atoms with Crippen molar-refractivity contribution in [1.82, 2.24) is 0 Å². The van der Waals surface area contributed by atoms with Crippen LogP contribution in [-0.4, -0.2) is 64.8 Å². The minimum Gasteiger partial charge on any atom is -0.394 e. The fourth-order valence-corrected chi connectivity index (χ4v) is 0.761. The van der Waals surface area contributed by atoms with E-state index in [2.05, 4.69) is 4.74 Å². The van der Waals surface area contributed by atoms with Gasteiger partial charge in [-0.25, -0.2) is 0 Å². The molecule has 0 saturated heterocycles. The summed E-state index contributed by atoms with van der Waals surface area (Å²) in [6, 6.07) is 0. The van der Waals surface area contributed by atoms with E-state index in [0.29, 0.717) is 0 Å². The average molecular weight is 194 g/mol. The Morgan fingerprint density at radius 3 is 2.15 bits per heavy atom. The summed E-state index contributed by atoms with van der Waals surface area (Å²) in [6.45, 7) is -1.31. The first-order valence-electron chi connectivity index (χ1n) is 3.72. The van der Waals surface area contributed by atoms with Gasteiger partial charge in [-0.3, -0.25) is 4.79 Å². The first kappa shape index (κ1) is 12.5. The molecule has 0 spiro atoms. The van der Waals surface area contributed by atoms with E-state index in [9.17, 15) is 4.79 Å². The molecule has 3 unspecified atom stereocenters. The first-order valence-corrected chi connectivity index (χ1v) is 3.72. The van der Waals surface area contributed by atoms with Crippen molar-refractivity contribution < 1.29 is 30.0 Å². The molecular formula is C7H14O6. The maximum absolute atomic E-state index is 11.1. The Bertz CT molecular complexity index is 155. The fraction of sp³-hybridized carbons (Fsp3) is 0.857. The zero-order chi connectivity index (χ0) is 10.4. The van der Waals surface area contributed by atoms with Crippen LogP contribution in [0.15, 0.2) is 0 Å². The van der Waals surface area contributed by atoms with Gasteiger partial charge in [0.2, 0.25) is 0 Å². The molecule has 0 aliphatic carbocycles. The summed E-state index contributed by atoms with van der Waals surface area (Å²) in [7, 11) is 1.19. The van der Waals surface area contributed by atoms with Crippen LogP contribution in [0.4, 0.5) is 0 Å². The normalized spacial score (nSPS) is 17.9. The molecule has 0 aromatic carbocycles. The number of carbonyl (C=O) groups is 1. The van der Waals surface area contributed by atoms with Gasteiger partial charge in [0.1, 0.15) is 18.3 Å². The highest BCUT2D eigenvalue weighted by Crippen LogP contribution is 2.01. The number of Topliss-reactive ketones (excluding diaryl/α,β-unsaturated/α-hetero) is 1. The van der Waals surface area contributed by atoms with Crippen LogP contribution in [0.5, 0.6) is 0 Å². The van der Waals surface area contributed by atoms with Crippen molar-refractivity contribution in [2.75, 3.05) is 20.3 Å². The Kier molecular flexibility index (Phi) is 5.76. The predicted molar refractivity (Wildman–Crippen MR) is 42.0 cm³/mol. The third-order valence-corrected chi connectivity index (χ3v) is 1.61. The van der Waals surface area contributed by atoms with Gasteiger partial charge in [0.15, 0.2) is 5.78 Å². The summed E-state index contributed by atoms with van der Waals surface area (Å²) in [6.07, 6.45) is -4.45. The molecule has 6 heteroatoms. The van der Waals surface area contributed by atoms with Gasteiger partial charge in [-0.2, -0.15) is 0 Å². The highest BCUT2D eigenvalue weighted by atomic mass is 16.5. The van der Waals surface area contributed by atoms with E-state index in [1.165, 1.54) is 7.11 Å². The van der Waals surface area contributed by atoms with Crippen molar-refractivity contribution in [1.29, 1.82) is 0 Å².